The zero-order valence-corrected chi connectivity index (χ0v) is 14.3. The summed E-state index contributed by atoms with van der Waals surface area (Å²) >= 11 is 2.37. The maximum atomic E-state index is 2.80. The van der Waals surface area contributed by atoms with Crippen molar-refractivity contribution in [3.05, 3.63) is 0 Å². The van der Waals surface area contributed by atoms with E-state index in [9.17, 15) is 0 Å². The monoisotopic (exact) mass is 438 g/mol. The van der Waals surface area contributed by atoms with E-state index in [1.54, 1.807) is 32.1 Å². The van der Waals surface area contributed by atoms with Crippen LogP contribution in [0.5, 0.6) is 0 Å². The van der Waals surface area contributed by atoms with Gasteiger partial charge in [0, 0.05) is 0 Å². The molecule has 0 aromatic heterocycles. The van der Waals surface area contributed by atoms with Gasteiger partial charge in [0.25, 0.3) is 0 Å². The van der Waals surface area contributed by atoms with Gasteiger partial charge in [-0.1, -0.05) is 0 Å². The molecule has 2 rings (SSSR count). The molecule has 0 aromatic carbocycles. The van der Waals surface area contributed by atoms with Crippen molar-refractivity contribution in [1.82, 2.24) is 0 Å². The van der Waals surface area contributed by atoms with Gasteiger partial charge in [0.15, 0.2) is 0 Å². The first-order chi connectivity index (χ1) is 4.68. The molecule has 10 heavy (non-hydrogen) atoms. The van der Waals surface area contributed by atoms with Gasteiger partial charge < -0.3 is 0 Å². The zero-order chi connectivity index (χ0) is 7.24. The van der Waals surface area contributed by atoms with Crippen LogP contribution in [0.3, 0.4) is 0 Å². The topological polar surface area (TPSA) is 0 Å². The van der Waals surface area contributed by atoms with E-state index in [2.05, 4.69) is 24.6 Å². The van der Waals surface area contributed by atoms with Gasteiger partial charge in [-0.15, -0.1) is 0 Å². The predicted octanol–water partition coefficient (Wildman–Crippen LogP) is 3.56. The summed E-state index contributed by atoms with van der Waals surface area (Å²) in [6.45, 7) is 2.52. The summed E-state index contributed by atoms with van der Waals surface area (Å²) in [5.41, 5.74) is 0.825. The van der Waals surface area contributed by atoms with E-state index in [0.717, 1.165) is 8.34 Å². The first-order valence-electron chi connectivity index (χ1n) is 4.24. The average Bonchev–Trinajstić information content (AvgIpc) is 2.42. The van der Waals surface area contributed by atoms with Crippen molar-refractivity contribution in [1.29, 1.82) is 0 Å². The summed E-state index contributed by atoms with van der Waals surface area (Å²) in [5, 5.41) is 0. The van der Waals surface area contributed by atoms with Crippen LogP contribution in [0, 0.1) is 5.41 Å². The minimum atomic E-state index is -0.429. The summed E-state index contributed by atoms with van der Waals surface area (Å²) in [6, 6.07) is 0. The molecule has 0 aromatic rings. The quantitative estimate of drug-likeness (QED) is 0.436. The molecule has 0 unspecified atom stereocenters. The van der Waals surface area contributed by atoms with E-state index in [1.807, 2.05) is 0 Å². The molecule has 0 aliphatic heterocycles. The summed E-state index contributed by atoms with van der Waals surface area (Å²) in [4.78, 5) is 0. The molecule has 0 radical (unpaired) electrons. The molecule has 2 aliphatic rings. The molecule has 2 heteroatoms. The Labute approximate surface area is 84.3 Å². The molecule has 2 bridgehead atoms. The van der Waals surface area contributed by atoms with Gasteiger partial charge in [0.2, 0.25) is 0 Å². The number of hydrogen-bond acceptors (Lipinski definition) is 0. The molecule has 0 heterocycles. The molecule has 2 saturated carbocycles. The second kappa shape index (κ2) is 2.58. The molecule has 0 atom stereocenters. The van der Waals surface area contributed by atoms with Crippen LogP contribution in [0.2, 0.25) is 2.92 Å². The fourth-order valence-electron chi connectivity index (χ4n) is 2.82. The number of hydrogen-bond donors (Lipinski definition) is 0. The summed E-state index contributed by atoms with van der Waals surface area (Å²) in [6.07, 6.45) is 8.00. The van der Waals surface area contributed by atoms with E-state index < -0.39 is 20.2 Å². The van der Waals surface area contributed by atoms with Gasteiger partial charge >= 0.3 is 85.3 Å². The van der Waals surface area contributed by atoms with Crippen molar-refractivity contribution < 1.29 is 20.2 Å². The normalized spacial score (nSPS) is 51.4. The molecule has 54 valence electrons. The molecule has 0 nitrogen and oxygen atoms in total. The summed E-state index contributed by atoms with van der Waals surface area (Å²) in [7, 11) is 0. The Kier molecular flexibility index (Phi) is 2.13. The molecular formula is C8H13HgI. The zero-order valence-electron chi connectivity index (χ0n) is 6.62. The standard InChI is InChI=1S/C8H13.Hg.HI/c1-8-4-2-7(6-8)3-5-8;;/h2-6H2,1H3;;1H/q;+1;/p-1. The Balaban J connectivity index is 2.19. The maximum absolute atomic E-state index is 2.80. The van der Waals surface area contributed by atoms with E-state index in [4.69, 9.17) is 0 Å². The van der Waals surface area contributed by atoms with Crippen molar-refractivity contribution >= 4 is 17.7 Å². The molecule has 0 saturated heterocycles. The van der Waals surface area contributed by atoms with Crippen LogP contribution in [-0.4, -0.2) is 0 Å². The first-order valence-corrected chi connectivity index (χ1v) is 22.5. The Morgan fingerprint density at radius 2 is 1.80 bits per heavy atom. The first kappa shape index (κ1) is 8.27. The summed E-state index contributed by atoms with van der Waals surface area (Å²) in [5.74, 6) is 0. The van der Waals surface area contributed by atoms with Gasteiger partial charge in [-0.2, -0.15) is 0 Å². The van der Waals surface area contributed by atoms with Crippen LogP contribution in [0.1, 0.15) is 39.0 Å². The fourth-order valence-corrected chi connectivity index (χ4v) is 17.0. The van der Waals surface area contributed by atoms with Crippen molar-refractivity contribution in [3.63, 3.8) is 0 Å². The van der Waals surface area contributed by atoms with Gasteiger partial charge in [0.1, 0.15) is 0 Å². The second-order valence-electron chi connectivity index (χ2n) is 4.62. The number of halogens is 1. The Morgan fingerprint density at radius 3 is 2.00 bits per heavy atom. The number of fused-ring (bicyclic) bond motifs is 2. The molecule has 0 N–H and O–H groups in total. The van der Waals surface area contributed by atoms with Crippen LogP contribution in [-0.2, 0) is 20.2 Å². The average molecular weight is 437 g/mol. The van der Waals surface area contributed by atoms with Crippen LogP contribution in [0.4, 0.5) is 0 Å². The van der Waals surface area contributed by atoms with Crippen LogP contribution in [0.15, 0.2) is 0 Å². The number of rotatable bonds is 1. The van der Waals surface area contributed by atoms with Crippen LogP contribution >= 0.6 is 17.7 Å². The van der Waals surface area contributed by atoms with Crippen molar-refractivity contribution in [3.8, 4) is 0 Å². The SMILES string of the molecule is CC12CC[C]([Hg][I])(CC1)C2. The van der Waals surface area contributed by atoms with Gasteiger partial charge in [-0.3, -0.25) is 0 Å². The third kappa shape index (κ3) is 1.19. The van der Waals surface area contributed by atoms with Gasteiger partial charge in [-0.05, 0) is 0 Å². The van der Waals surface area contributed by atoms with Crippen molar-refractivity contribution in [2.24, 2.45) is 5.41 Å². The van der Waals surface area contributed by atoms with E-state index in [-0.39, 0.29) is 0 Å². The van der Waals surface area contributed by atoms with E-state index >= 15 is 0 Å². The predicted molar refractivity (Wildman–Crippen MR) is 47.9 cm³/mol. The van der Waals surface area contributed by atoms with Crippen LogP contribution in [0.25, 0.3) is 0 Å². The van der Waals surface area contributed by atoms with E-state index in [1.165, 1.54) is 0 Å². The summed E-state index contributed by atoms with van der Waals surface area (Å²) < 4.78 is 1.02. The molecule has 2 fully saturated rings. The molecule has 2 aliphatic carbocycles. The van der Waals surface area contributed by atoms with E-state index in [0.29, 0.717) is 0 Å². The Bertz CT molecular complexity index is 147. The molecule has 0 amide bonds. The molecule has 0 spiro atoms. The van der Waals surface area contributed by atoms with Crippen molar-refractivity contribution in [2.75, 3.05) is 0 Å². The van der Waals surface area contributed by atoms with Gasteiger partial charge in [0.05, 0.1) is 0 Å². The minimum absolute atomic E-state index is 0.429. The fraction of sp³-hybridized carbons (Fsp3) is 1.00. The Hall–Kier alpha value is 1.67. The molecular weight excluding hydrogens is 424 g/mol. The second-order valence-corrected chi connectivity index (χ2v) is 18.2. The third-order valence-corrected chi connectivity index (χ3v) is 23.7. The Morgan fingerprint density at radius 1 is 1.20 bits per heavy atom. The van der Waals surface area contributed by atoms with Crippen LogP contribution < -0.4 is 0 Å². The third-order valence-electron chi connectivity index (χ3n) is 3.60. The van der Waals surface area contributed by atoms with Crippen molar-refractivity contribution in [2.45, 2.75) is 42.0 Å². The van der Waals surface area contributed by atoms with Gasteiger partial charge in [-0.25, -0.2) is 0 Å².